The lowest BCUT2D eigenvalue weighted by molar-refractivity contribution is 0.280. The molecule has 1 heterocycles. The first kappa shape index (κ1) is 7.24. The van der Waals surface area contributed by atoms with Crippen molar-refractivity contribution in [3.8, 4) is 0 Å². The molecular formula is C6H11N3O. The fourth-order valence-electron chi connectivity index (χ4n) is 0.888. The number of nitrogens with zero attached hydrogens (tertiary/aromatic N) is 2. The first-order valence-corrected chi connectivity index (χ1v) is 3.10. The first-order valence-electron chi connectivity index (χ1n) is 3.10. The second-order valence-electron chi connectivity index (χ2n) is 2.14. The standard InChI is InChI=1S/C6H11N3O/c1-9-3-5(4-10)6(2-7)8-9/h3,10H,2,4,7H2,1H3. The lowest BCUT2D eigenvalue weighted by Gasteiger charge is -1.90. The SMILES string of the molecule is Cn1cc(CO)c(CN)n1. The van der Waals surface area contributed by atoms with E-state index >= 15 is 0 Å². The van der Waals surface area contributed by atoms with Crippen molar-refractivity contribution in [2.24, 2.45) is 12.8 Å². The van der Waals surface area contributed by atoms with E-state index in [2.05, 4.69) is 5.10 Å². The Labute approximate surface area is 59.3 Å². The fraction of sp³-hybridized carbons (Fsp3) is 0.500. The Morgan fingerprint density at radius 1 is 1.80 bits per heavy atom. The maximum Gasteiger partial charge on any atom is 0.0815 e. The number of aliphatic hydroxyl groups is 1. The highest BCUT2D eigenvalue weighted by atomic mass is 16.3. The Morgan fingerprint density at radius 2 is 2.50 bits per heavy atom. The molecule has 0 fully saturated rings. The summed E-state index contributed by atoms with van der Waals surface area (Å²) in [5.41, 5.74) is 6.93. The molecule has 0 unspecified atom stereocenters. The third kappa shape index (κ3) is 1.17. The molecule has 10 heavy (non-hydrogen) atoms. The van der Waals surface area contributed by atoms with Gasteiger partial charge in [-0.2, -0.15) is 5.10 Å². The molecule has 56 valence electrons. The number of aromatic nitrogens is 2. The van der Waals surface area contributed by atoms with E-state index in [4.69, 9.17) is 10.8 Å². The molecule has 0 spiro atoms. The van der Waals surface area contributed by atoms with E-state index in [1.807, 2.05) is 0 Å². The minimum Gasteiger partial charge on any atom is -0.392 e. The van der Waals surface area contributed by atoms with Crippen molar-refractivity contribution >= 4 is 0 Å². The predicted octanol–water partition coefficient (Wildman–Crippen LogP) is -0.629. The zero-order valence-corrected chi connectivity index (χ0v) is 5.91. The highest BCUT2D eigenvalue weighted by molar-refractivity contribution is 5.15. The molecule has 1 rings (SSSR count). The van der Waals surface area contributed by atoms with Crippen LogP contribution in [0.5, 0.6) is 0 Å². The average molecular weight is 141 g/mol. The van der Waals surface area contributed by atoms with Crippen LogP contribution in [0.2, 0.25) is 0 Å². The Hall–Kier alpha value is -0.870. The molecular weight excluding hydrogens is 130 g/mol. The molecule has 4 heteroatoms. The molecule has 4 nitrogen and oxygen atoms in total. The molecule has 0 atom stereocenters. The van der Waals surface area contributed by atoms with Crippen LogP contribution < -0.4 is 5.73 Å². The van der Waals surface area contributed by atoms with Crippen molar-refractivity contribution in [1.82, 2.24) is 9.78 Å². The molecule has 0 saturated carbocycles. The van der Waals surface area contributed by atoms with Gasteiger partial charge in [0.2, 0.25) is 0 Å². The number of aliphatic hydroxyl groups excluding tert-OH is 1. The highest BCUT2D eigenvalue weighted by Gasteiger charge is 2.02. The first-order chi connectivity index (χ1) is 4.77. The third-order valence-corrected chi connectivity index (χ3v) is 1.36. The van der Waals surface area contributed by atoms with Gasteiger partial charge >= 0.3 is 0 Å². The van der Waals surface area contributed by atoms with Crippen LogP contribution in [0.15, 0.2) is 6.20 Å². The largest absolute Gasteiger partial charge is 0.392 e. The van der Waals surface area contributed by atoms with Crippen LogP contribution in [-0.2, 0) is 20.2 Å². The monoisotopic (exact) mass is 141 g/mol. The topological polar surface area (TPSA) is 64.1 Å². The second kappa shape index (κ2) is 2.81. The molecule has 1 aromatic rings. The highest BCUT2D eigenvalue weighted by Crippen LogP contribution is 2.03. The van der Waals surface area contributed by atoms with Gasteiger partial charge in [0.1, 0.15) is 0 Å². The fourth-order valence-corrected chi connectivity index (χ4v) is 0.888. The van der Waals surface area contributed by atoms with Crippen molar-refractivity contribution in [3.05, 3.63) is 17.5 Å². The Bertz CT molecular complexity index is 197. The van der Waals surface area contributed by atoms with Gasteiger partial charge < -0.3 is 10.8 Å². The van der Waals surface area contributed by atoms with E-state index in [9.17, 15) is 0 Å². The third-order valence-electron chi connectivity index (χ3n) is 1.36. The van der Waals surface area contributed by atoms with Gasteiger partial charge in [0, 0.05) is 25.4 Å². The van der Waals surface area contributed by atoms with Crippen molar-refractivity contribution in [1.29, 1.82) is 0 Å². The maximum atomic E-state index is 8.75. The minimum atomic E-state index is 0.0143. The van der Waals surface area contributed by atoms with Crippen LogP contribution in [-0.4, -0.2) is 14.9 Å². The molecule has 0 amide bonds. The van der Waals surface area contributed by atoms with Crippen molar-refractivity contribution in [3.63, 3.8) is 0 Å². The van der Waals surface area contributed by atoms with Gasteiger partial charge in [-0.15, -0.1) is 0 Å². The molecule has 0 bridgehead atoms. The second-order valence-corrected chi connectivity index (χ2v) is 2.14. The zero-order valence-electron chi connectivity index (χ0n) is 5.91. The van der Waals surface area contributed by atoms with E-state index in [0.717, 1.165) is 11.3 Å². The van der Waals surface area contributed by atoms with Crippen LogP contribution in [0.25, 0.3) is 0 Å². The summed E-state index contributed by atoms with van der Waals surface area (Å²) in [6.07, 6.45) is 1.77. The number of aryl methyl sites for hydroxylation is 1. The summed E-state index contributed by atoms with van der Waals surface area (Å²) in [5.74, 6) is 0. The normalized spacial score (nSPS) is 10.3. The number of hydrogen-bond donors (Lipinski definition) is 2. The summed E-state index contributed by atoms with van der Waals surface area (Å²) >= 11 is 0. The summed E-state index contributed by atoms with van der Waals surface area (Å²) in [5, 5.41) is 12.8. The number of rotatable bonds is 2. The maximum absolute atomic E-state index is 8.75. The molecule has 0 aliphatic heterocycles. The van der Waals surface area contributed by atoms with E-state index in [-0.39, 0.29) is 6.61 Å². The van der Waals surface area contributed by atoms with Gasteiger partial charge in [0.15, 0.2) is 0 Å². The average Bonchev–Trinajstić information content (AvgIpc) is 2.30. The van der Waals surface area contributed by atoms with E-state index in [1.54, 1.807) is 17.9 Å². The van der Waals surface area contributed by atoms with E-state index in [0.29, 0.717) is 6.54 Å². The molecule has 3 N–H and O–H groups in total. The van der Waals surface area contributed by atoms with Crippen molar-refractivity contribution in [2.45, 2.75) is 13.2 Å². The van der Waals surface area contributed by atoms with Crippen LogP contribution in [0.1, 0.15) is 11.3 Å². The van der Waals surface area contributed by atoms with E-state index < -0.39 is 0 Å². The lowest BCUT2D eigenvalue weighted by atomic mass is 10.3. The van der Waals surface area contributed by atoms with Gasteiger partial charge in [-0.25, -0.2) is 0 Å². The van der Waals surface area contributed by atoms with Gasteiger partial charge in [-0.3, -0.25) is 4.68 Å². The van der Waals surface area contributed by atoms with Gasteiger partial charge in [0.25, 0.3) is 0 Å². The van der Waals surface area contributed by atoms with Gasteiger partial charge in [-0.05, 0) is 0 Å². The molecule has 0 radical (unpaired) electrons. The Kier molecular flexibility index (Phi) is 2.03. The quantitative estimate of drug-likeness (QED) is 0.576. The van der Waals surface area contributed by atoms with E-state index in [1.165, 1.54) is 0 Å². The number of nitrogens with two attached hydrogens (primary N) is 1. The zero-order chi connectivity index (χ0) is 7.56. The van der Waals surface area contributed by atoms with Crippen molar-refractivity contribution in [2.75, 3.05) is 0 Å². The molecule has 0 aliphatic rings. The molecule has 0 saturated heterocycles. The summed E-state index contributed by atoms with van der Waals surface area (Å²) in [6.45, 7) is 0.400. The Balaban J connectivity index is 2.96. The summed E-state index contributed by atoms with van der Waals surface area (Å²) in [7, 11) is 1.80. The molecule has 0 aliphatic carbocycles. The van der Waals surface area contributed by atoms with Crippen LogP contribution in [0, 0.1) is 0 Å². The van der Waals surface area contributed by atoms with Crippen LogP contribution >= 0.6 is 0 Å². The Morgan fingerprint density at radius 3 is 2.90 bits per heavy atom. The van der Waals surface area contributed by atoms with Crippen LogP contribution in [0.3, 0.4) is 0 Å². The number of hydrogen-bond acceptors (Lipinski definition) is 3. The van der Waals surface area contributed by atoms with Gasteiger partial charge in [-0.1, -0.05) is 0 Å². The predicted molar refractivity (Wildman–Crippen MR) is 37.0 cm³/mol. The minimum absolute atomic E-state index is 0.0143. The summed E-state index contributed by atoms with van der Waals surface area (Å²) in [4.78, 5) is 0. The molecule has 1 aromatic heterocycles. The van der Waals surface area contributed by atoms with Gasteiger partial charge in [0.05, 0.1) is 12.3 Å². The summed E-state index contributed by atoms with van der Waals surface area (Å²) in [6, 6.07) is 0. The smallest absolute Gasteiger partial charge is 0.0815 e. The lowest BCUT2D eigenvalue weighted by Crippen LogP contribution is -2.01. The summed E-state index contributed by atoms with van der Waals surface area (Å²) < 4.78 is 1.65. The molecule has 0 aromatic carbocycles. The van der Waals surface area contributed by atoms with Crippen molar-refractivity contribution < 1.29 is 5.11 Å². The van der Waals surface area contributed by atoms with Crippen LogP contribution in [0.4, 0.5) is 0 Å².